The van der Waals surface area contributed by atoms with Crippen molar-refractivity contribution in [2.75, 3.05) is 10.6 Å². The lowest BCUT2D eigenvalue weighted by Gasteiger charge is -2.12. The normalized spacial score (nSPS) is 10.8. The van der Waals surface area contributed by atoms with Gasteiger partial charge in [-0.05, 0) is 60.0 Å². The van der Waals surface area contributed by atoms with Crippen LogP contribution in [0, 0.1) is 0 Å². The topological polar surface area (TPSA) is 70.2 Å². The number of hydrogen-bond acceptors (Lipinski definition) is 3. The van der Waals surface area contributed by atoms with Crippen molar-refractivity contribution in [1.82, 2.24) is 5.32 Å². The molecule has 0 saturated carbocycles. The molecule has 2 rings (SSSR count). The lowest BCUT2D eigenvalue weighted by Crippen LogP contribution is -2.32. The van der Waals surface area contributed by atoms with E-state index in [-0.39, 0.29) is 16.9 Å². The average molecular weight is 444 g/mol. The molecule has 0 heterocycles. The van der Waals surface area contributed by atoms with Crippen LogP contribution >= 0.6 is 23.8 Å². The van der Waals surface area contributed by atoms with E-state index in [1.807, 2.05) is 31.2 Å². The van der Waals surface area contributed by atoms with Crippen LogP contribution in [0.3, 0.4) is 0 Å². The van der Waals surface area contributed by atoms with Crippen molar-refractivity contribution in [3.8, 4) is 0 Å². The summed E-state index contributed by atoms with van der Waals surface area (Å²) in [7, 11) is 0. The molecule has 158 valence electrons. The molecule has 0 saturated heterocycles. The number of carbonyl (C=O) groups excluding carboxylic acids is 2. The maximum Gasteiger partial charge on any atom is 0.250 e. The first-order chi connectivity index (χ1) is 14.3. The van der Waals surface area contributed by atoms with Crippen LogP contribution in [0.5, 0.6) is 0 Å². The van der Waals surface area contributed by atoms with E-state index in [4.69, 9.17) is 23.8 Å². The largest absolute Gasteiger partial charge is 0.331 e. The quantitative estimate of drug-likeness (QED) is 0.377. The molecule has 0 aliphatic rings. The van der Waals surface area contributed by atoms with Gasteiger partial charge in [-0.25, -0.2) is 0 Å². The van der Waals surface area contributed by atoms with E-state index >= 15 is 0 Å². The van der Waals surface area contributed by atoms with Gasteiger partial charge in [0.05, 0.1) is 10.7 Å². The van der Waals surface area contributed by atoms with E-state index < -0.39 is 0 Å². The number of amides is 2. The van der Waals surface area contributed by atoms with Crippen molar-refractivity contribution in [2.24, 2.45) is 0 Å². The number of rotatable bonds is 7. The first-order valence-corrected chi connectivity index (χ1v) is 10.6. The third-order valence-electron chi connectivity index (χ3n) is 4.24. The Bertz CT molecular complexity index is 940. The lowest BCUT2D eigenvalue weighted by atomic mass is 10.0. The van der Waals surface area contributed by atoms with Gasteiger partial charge in [0.1, 0.15) is 0 Å². The molecular weight excluding hydrogens is 418 g/mol. The molecule has 0 bridgehead atoms. The van der Waals surface area contributed by atoms with E-state index in [2.05, 4.69) is 29.8 Å². The average Bonchev–Trinajstić information content (AvgIpc) is 2.69. The van der Waals surface area contributed by atoms with E-state index in [1.165, 1.54) is 11.6 Å². The second-order valence-corrected chi connectivity index (χ2v) is 7.91. The van der Waals surface area contributed by atoms with Gasteiger partial charge in [-0.2, -0.15) is 0 Å². The van der Waals surface area contributed by atoms with Gasteiger partial charge in [-0.1, -0.05) is 56.6 Å². The molecule has 5 nitrogen and oxygen atoms in total. The Morgan fingerprint density at radius 2 is 1.80 bits per heavy atom. The van der Waals surface area contributed by atoms with Crippen molar-refractivity contribution in [1.29, 1.82) is 0 Å². The summed E-state index contributed by atoms with van der Waals surface area (Å²) >= 11 is 11.4. The van der Waals surface area contributed by atoms with Crippen LogP contribution in [0.2, 0.25) is 5.02 Å². The molecule has 0 aromatic heterocycles. The molecule has 0 fully saturated rings. The second kappa shape index (κ2) is 11.5. The van der Waals surface area contributed by atoms with Gasteiger partial charge < -0.3 is 10.6 Å². The van der Waals surface area contributed by atoms with Crippen molar-refractivity contribution in [3.63, 3.8) is 0 Å². The SMILES string of the molecule is CCCC(=O)Nc1ccc(Cl)c(NC(=S)NC(=O)/C=C/c2ccc(C(C)C)cc2)c1. The Morgan fingerprint density at radius 1 is 1.10 bits per heavy atom. The third kappa shape index (κ3) is 7.61. The summed E-state index contributed by atoms with van der Waals surface area (Å²) in [5.74, 6) is 0.0252. The predicted molar refractivity (Wildman–Crippen MR) is 129 cm³/mol. The van der Waals surface area contributed by atoms with Crippen LogP contribution < -0.4 is 16.0 Å². The number of benzene rings is 2. The zero-order valence-corrected chi connectivity index (χ0v) is 18.9. The summed E-state index contributed by atoms with van der Waals surface area (Å²) in [5, 5.41) is 8.79. The number of hydrogen-bond donors (Lipinski definition) is 3. The fourth-order valence-corrected chi connectivity index (χ4v) is 3.00. The Morgan fingerprint density at radius 3 is 2.43 bits per heavy atom. The summed E-state index contributed by atoms with van der Waals surface area (Å²) in [6, 6.07) is 13.0. The monoisotopic (exact) mass is 443 g/mol. The molecule has 0 spiro atoms. The molecule has 2 aromatic rings. The highest BCUT2D eigenvalue weighted by atomic mass is 35.5. The fourth-order valence-electron chi connectivity index (χ4n) is 2.62. The molecule has 30 heavy (non-hydrogen) atoms. The molecule has 0 aliphatic heterocycles. The summed E-state index contributed by atoms with van der Waals surface area (Å²) in [6.07, 6.45) is 4.34. The minimum atomic E-state index is -0.357. The van der Waals surface area contributed by atoms with Gasteiger partial charge in [0, 0.05) is 18.2 Å². The van der Waals surface area contributed by atoms with Crippen LogP contribution in [-0.2, 0) is 9.59 Å². The van der Waals surface area contributed by atoms with Crippen LogP contribution in [0.4, 0.5) is 11.4 Å². The Kier molecular flexibility index (Phi) is 9.02. The minimum Gasteiger partial charge on any atom is -0.331 e. The number of halogens is 1. The first kappa shape index (κ1) is 23.6. The fraction of sp³-hybridized carbons (Fsp3) is 0.261. The van der Waals surface area contributed by atoms with Crippen LogP contribution in [0.15, 0.2) is 48.5 Å². The predicted octanol–water partition coefficient (Wildman–Crippen LogP) is 5.73. The van der Waals surface area contributed by atoms with E-state index in [0.29, 0.717) is 28.7 Å². The van der Waals surface area contributed by atoms with Crippen molar-refractivity contribution >= 4 is 58.2 Å². The molecular formula is C23H26ClN3O2S. The van der Waals surface area contributed by atoms with E-state index in [9.17, 15) is 9.59 Å². The highest BCUT2D eigenvalue weighted by Crippen LogP contribution is 2.25. The molecule has 7 heteroatoms. The summed E-state index contributed by atoms with van der Waals surface area (Å²) in [6.45, 7) is 6.20. The minimum absolute atomic E-state index is 0.0757. The van der Waals surface area contributed by atoms with Gasteiger partial charge >= 0.3 is 0 Å². The first-order valence-electron chi connectivity index (χ1n) is 9.78. The molecule has 3 N–H and O–H groups in total. The van der Waals surface area contributed by atoms with Gasteiger partial charge in [-0.15, -0.1) is 0 Å². The standard InChI is InChI=1S/C23H26ClN3O2S/c1-4-5-21(28)25-18-11-12-19(24)20(14-18)26-23(30)27-22(29)13-8-16-6-9-17(10-7-16)15(2)3/h6-15H,4-5H2,1-3H3,(H,25,28)(H2,26,27,29,30)/b13-8+. The Labute approximate surface area is 187 Å². The smallest absolute Gasteiger partial charge is 0.250 e. The Balaban J connectivity index is 1.94. The zero-order chi connectivity index (χ0) is 22.1. The molecule has 2 amide bonds. The maximum atomic E-state index is 12.1. The van der Waals surface area contributed by atoms with Crippen LogP contribution in [0.1, 0.15) is 50.7 Å². The van der Waals surface area contributed by atoms with Crippen molar-refractivity contribution < 1.29 is 9.59 Å². The van der Waals surface area contributed by atoms with Gasteiger partial charge in [0.2, 0.25) is 11.8 Å². The summed E-state index contributed by atoms with van der Waals surface area (Å²) < 4.78 is 0. The molecule has 0 unspecified atom stereocenters. The molecule has 0 radical (unpaired) electrons. The molecule has 0 aliphatic carbocycles. The Hall–Kier alpha value is -2.70. The maximum absolute atomic E-state index is 12.1. The zero-order valence-electron chi connectivity index (χ0n) is 17.3. The lowest BCUT2D eigenvalue weighted by molar-refractivity contribution is -0.116. The second-order valence-electron chi connectivity index (χ2n) is 7.09. The highest BCUT2D eigenvalue weighted by Gasteiger charge is 2.08. The number of anilines is 2. The number of carbonyl (C=O) groups is 2. The third-order valence-corrected chi connectivity index (χ3v) is 4.78. The van der Waals surface area contributed by atoms with Crippen molar-refractivity contribution in [2.45, 2.75) is 39.5 Å². The van der Waals surface area contributed by atoms with Gasteiger partial charge in [-0.3, -0.25) is 14.9 Å². The number of thiocarbonyl (C=S) groups is 1. The highest BCUT2D eigenvalue weighted by molar-refractivity contribution is 7.80. The van der Waals surface area contributed by atoms with E-state index in [0.717, 1.165) is 12.0 Å². The summed E-state index contributed by atoms with van der Waals surface area (Å²) in [4.78, 5) is 23.9. The van der Waals surface area contributed by atoms with Gasteiger partial charge in [0.15, 0.2) is 5.11 Å². The van der Waals surface area contributed by atoms with Crippen LogP contribution in [-0.4, -0.2) is 16.9 Å². The molecule has 2 aromatic carbocycles. The summed E-state index contributed by atoms with van der Waals surface area (Å²) in [5.41, 5.74) is 3.25. The molecule has 0 atom stereocenters. The van der Waals surface area contributed by atoms with Crippen LogP contribution in [0.25, 0.3) is 6.08 Å². The van der Waals surface area contributed by atoms with Gasteiger partial charge in [0.25, 0.3) is 0 Å². The number of nitrogens with one attached hydrogen (secondary N) is 3. The van der Waals surface area contributed by atoms with E-state index in [1.54, 1.807) is 24.3 Å². The van der Waals surface area contributed by atoms with Crippen molar-refractivity contribution in [3.05, 3.63) is 64.7 Å².